The summed E-state index contributed by atoms with van der Waals surface area (Å²) in [6.07, 6.45) is 0. The van der Waals surface area contributed by atoms with Gasteiger partial charge in [-0.25, -0.2) is 0 Å². The van der Waals surface area contributed by atoms with Gasteiger partial charge in [-0.2, -0.15) is 0 Å². The van der Waals surface area contributed by atoms with E-state index in [9.17, 15) is 9.90 Å². The number of aliphatic carboxylic acids is 1. The van der Waals surface area contributed by atoms with E-state index in [0.717, 1.165) is 0 Å². The molecule has 0 saturated carbocycles. The van der Waals surface area contributed by atoms with Crippen molar-refractivity contribution in [2.75, 3.05) is 0 Å². The van der Waals surface area contributed by atoms with Crippen LogP contribution in [0.4, 0.5) is 0 Å². The van der Waals surface area contributed by atoms with Gasteiger partial charge < -0.3 is 21.1 Å². The highest BCUT2D eigenvalue weighted by molar-refractivity contribution is 5.70. The molecule has 0 aliphatic heterocycles. The molecule has 82 valence electrons. The summed E-state index contributed by atoms with van der Waals surface area (Å²) in [5.41, 5.74) is 6.16. The first-order chi connectivity index (χ1) is 6.93. The third kappa shape index (κ3) is 2.38. The van der Waals surface area contributed by atoms with Crippen molar-refractivity contribution >= 4 is 5.97 Å². The number of hydrogen-bond acceptors (Lipinski definition) is 4. The van der Waals surface area contributed by atoms with Crippen LogP contribution in [0.3, 0.4) is 0 Å². The molecule has 0 aliphatic rings. The lowest BCUT2D eigenvalue weighted by atomic mass is 9.95. The second kappa shape index (κ2) is 4.18. The number of carboxylic acids is 1. The highest BCUT2D eigenvalue weighted by Gasteiger charge is 2.22. The monoisotopic (exact) mass is 211 g/mol. The Labute approximate surface area is 86.8 Å². The topological polar surface area (TPSA) is 104 Å². The molecule has 0 fully saturated rings. The minimum atomic E-state index is -1.00. The van der Waals surface area contributed by atoms with Gasteiger partial charge in [0, 0.05) is 6.04 Å². The number of rotatable bonds is 3. The van der Waals surface area contributed by atoms with Gasteiger partial charge in [0.25, 0.3) is 0 Å². The molecule has 2 unspecified atom stereocenters. The van der Waals surface area contributed by atoms with Gasteiger partial charge in [-0.3, -0.25) is 4.79 Å². The third-order valence-corrected chi connectivity index (χ3v) is 2.31. The third-order valence-electron chi connectivity index (χ3n) is 2.31. The van der Waals surface area contributed by atoms with Gasteiger partial charge in [-0.15, -0.1) is 0 Å². The lowest BCUT2D eigenvalue weighted by Crippen LogP contribution is -2.25. The van der Waals surface area contributed by atoms with Gasteiger partial charge >= 0.3 is 5.97 Å². The Balaban J connectivity index is 2.96. The van der Waals surface area contributed by atoms with Crippen molar-refractivity contribution in [2.45, 2.75) is 13.0 Å². The molecule has 1 aromatic carbocycles. The van der Waals surface area contributed by atoms with Crippen LogP contribution in [0.2, 0.25) is 0 Å². The highest BCUT2D eigenvalue weighted by Crippen LogP contribution is 2.29. The molecule has 15 heavy (non-hydrogen) atoms. The Morgan fingerprint density at radius 3 is 2.40 bits per heavy atom. The van der Waals surface area contributed by atoms with Crippen LogP contribution in [0.1, 0.15) is 18.5 Å². The minimum absolute atomic E-state index is 0.256. The molecule has 1 aromatic rings. The van der Waals surface area contributed by atoms with Gasteiger partial charge in [0.15, 0.2) is 11.5 Å². The number of phenolic OH excluding ortho intramolecular Hbond substituents is 2. The SMILES string of the molecule is CC(C(=O)O)C(N)c1ccc(O)c(O)c1. The molecule has 5 N–H and O–H groups in total. The zero-order valence-corrected chi connectivity index (χ0v) is 8.21. The first-order valence-corrected chi connectivity index (χ1v) is 4.43. The van der Waals surface area contributed by atoms with Crippen molar-refractivity contribution < 1.29 is 20.1 Å². The highest BCUT2D eigenvalue weighted by atomic mass is 16.4. The van der Waals surface area contributed by atoms with E-state index in [1.54, 1.807) is 0 Å². The summed E-state index contributed by atoms with van der Waals surface area (Å²) < 4.78 is 0. The number of benzene rings is 1. The van der Waals surface area contributed by atoms with Crippen LogP contribution >= 0.6 is 0 Å². The van der Waals surface area contributed by atoms with E-state index < -0.39 is 17.9 Å². The van der Waals surface area contributed by atoms with Crippen molar-refractivity contribution in [3.05, 3.63) is 23.8 Å². The number of aromatic hydroxyl groups is 2. The predicted octanol–water partition coefficient (Wildman–Crippen LogP) is 0.818. The first-order valence-electron chi connectivity index (χ1n) is 4.43. The molecule has 0 amide bonds. The Morgan fingerprint density at radius 2 is 1.93 bits per heavy atom. The molecule has 0 radical (unpaired) electrons. The number of hydrogen-bond donors (Lipinski definition) is 4. The molecular weight excluding hydrogens is 198 g/mol. The summed E-state index contributed by atoms with van der Waals surface area (Å²) in [5.74, 6) is -2.32. The zero-order valence-electron chi connectivity index (χ0n) is 8.21. The maximum atomic E-state index is 10.7. The van der Waals surface area contributed by atoms with Crippen LogP contribution in [0, 0.1) is 5.92 Å². The Bertz CT molecular complexity index is 378. The summed E-state index contributed by atoms with van der Waals surface area (Å²) in [4.78, 5) is 10.7. The summed E-state index contributed by atoms with van der Waals surface area (Å²) in [6.45, 7) is 1.48. The predicted molar refractivity (Wildman–Crippen MR) is 53.5 cm³/mol. The van der Waals surface area contributed by atoms with Crippen molar-refractivity contribution in [1.82, 2.24) is 0 Å². The fraction of sp³-hybridized carbons (Fsp3) is 0.300. The van der Waals surface area contributed by atoms with Crippen LogP contribution in [-0.2, 0) is 4.79 Å². The average molecular weight is 211 g/mol. The summed E-state index contributed by atoms with van der Waals surface area (Å²) >= 11 is 0. The van der Waals surface area contributed by atoms with E-state index >= 15 is 0 Å². The Kier molecular flexibility index (Phi) is 3.16. The average Bonchev–Trinajstić information content (AvgIpc) is 2.19. The Hall–Kier alpha value is -1.75. The van der Waals surface area contributed by atoms with Crippen LogP contribution < -0.4 is 5.73 Å². The van der Waals surface area contributed by atoms with Gasteiger partial charge in [0.05, 0.1) is 5.92 Å². The van der Waals surface area contributed by atoms with E-state index in [4.69, 9.17) is 15.9 Å². The smallest absolute Gasteiger partial charge is 0.308 e. The van der Waals surface area contributed by atoms with Gasteiger partial charge in [0.2, 0.25) is 0 Å². The van der Waals surface area contributed by atoms with E-state index in [1.165, 1.54) is 25.1 Å². The molecule has 0 saturated heterocycles. The molecule has 0 spiro atoms. The van der Waals surface area contributed by atoms with Gasteiger partial charge in [-0.05, 0) is 17.7 Å². The molecule has 2 atom stereocenters. The van der Waals surface area contributed by atoms with E-state index in [0.29, 0.717) is 5.56 Å². The number of phenols is 2. The first kappa shape index (κ1) is 11.3. The van der Waals surface area contributed by atoms with Crippen molar-refractivity contribution in [3.63, 3.8) is 0 Å². The summed E-state index contributed by atoms with van der Waals surface area (Å²) in [7, 11) is 0. The fourth-order valence-corrected chi connectivity index (χ4v) is 1.19. The second-order valence-corrected chi connectivity index (χ2v) is 3.40. The molecular formula is C10H13NO4. The molecule has 5 nitrogen and oxygen atoms in total. The fourth-order valence-electron chi connectivity index (χ4n) is 1.19. The van der Waals surface area contributed by atoms with Crippen molar-refractivity contribution in [2.24, 2.45) is 11.7 Å². The maximum Gasteiger partial charge on any atom is 0.308 e. The number of carboxylic acid groups (broad SMARTS) is 1. The summed E-state index contributed by atoms with van der Waals surface area (Å²) in [6, 6.07) is 3.31. The van der Waals surface area contributed by atoms with E-state index in [1.807, 2.05) is 0 Å². The number of nitrogens with two attached hydrogens (primary N) is 1. The van der Waals surface area contributed by atoms with Crippen LogP contribution in [-0.4, -0.2) is 21.3 Å². The maximum absolute atomic E-state index is 10.7. The molecule has 0 aromatic heterocycles. The van der Waals surface area contributed by atoms with E-state index in [2.05, 4.69) is 0 Å². The van der Waals surface area contributed by atoms with Crippen molar-refractivity contribution in [1.29, 1.82) is 0 Å². The second-order valence-electron chi connectivity index (χ2n) is 3.40. The summed E-state index contributed by atoms with van der Waals surface area (Å²) in [5, 5.41) is 27.0. The number of carbonyl (C=O) groups is 1. The quantitative estimate of drug-likeness (QED) is 0.554. The molecule has 0 heterocycles. The minimum Gasteiger partial charge on any atom is -0.504 e. The normalized spacial score (nSPS) is 14.5. The largest absolute Gasteiger partial charge is 0.504 e. The van der Waals surface area contributed by atoms with Crippen LogP contribution in [0.25, 0.3) is 0 Å². The lowest BCUT2D eigenvalue weighted by Gasteiger charge is -2.16. The van der Waals surface area contributed by atoms with Gasteiger partial charge in [0.1, 0.15) is 0 Å². The van der Waals surface area contributed by atoms with Gasteiger partial charge in [-0.1, -0.05) is 13.0 Å². The Morgan fingerprint density at radius 1 is 1.33 bits per heavy atom. The molecule has 0 aliphatic carbocycles. The molecule has 1 rings (SSSR count). The van der Waals surface area contributed by atoms with E-state index in [-0.39, 0.29) is 11.5 Å². The van der Waals surface area contributed by atoms with Crippen molar-refractivity contribution in [3.8, 4) is 11.5 Å². The molecule has 5 heteroatoms. The zero-order chi connectivity index (χ0) is 11.6. The standard InChI is InChI=1S/C10H13NO4/c1-5(10(14)15)9(11)6-2-3-7(12)8(13)4-6/h2-5,9,12-13H,11H2,1H3,(H,14,15). The van der Waals surface area contributed by atoms with Crippen LogP contribution in [0.5, 0.6) is 11.5 Å². The lowest BCUT2D eigenvalue weighted by molar-refractivity contribution is -0.141. The van der Waals surface area contributed by atoms with Crippen LogP contribution in [0.15, 0.2) is 18.2 Å². The molecule has 0 bridgehead atoms.